The molecule has 0 spiro atoms. The Kier molecular flexibility index (Phi) is 10.3. The fraction of sp³-hybridized carbons (Fsp3) is 0.429. The van der Waals surface area contributed by atoms with Crippen LogP contribution in [-0.2, 0) is 23.2 Å². The zero-order valence-electron chi connectivity index (χ0n) is 10.7. The molecule has 0 aromatic heterocycles. The van der Waals surface area contributed by atoms with Gasteiger partial charge in [-0.3, -0.25) is 0 Å². The van der Waals surface area contributed by atoms with Gasteiger partial charge in [-0.25, -0.2) is 0 Å². The molecule has 104 valence electrons. The molecule has 0 heterocycles. The Morgan fingerprint density at radius 2 is 1.26 bits per heavy atom. The second kappa shape index (κ2) is 10.1. The van der Waals surface area contributed by atoms with Crippen LogP contribution >= 0.6 is 0 Å². The third-order valence-electron chi connectivity index (χ3n) is 3.12. The van der Waals surface area contributed by atoms with E-state index in [4.69, 9.17) is 10.2 Å². The second-order valence-electron chi connectivity index (χ2n) is 4.29. The predicted molar refractivity (Wildman–Crippen MR) is 65.0 cm³/mol. The van der Waals surface area contributed by atoms with E-state index in [1.54, 1.807) is 6.56 Å². The van der Waals surface area contributed by atoms with Gasteiger partial charge in [0, 0.05) is 0 Å². The minimum atomic E-state index is -0.665. The normalized spacial score (nSPS) is 16.5. The first kappa shape index (κ1) is 19.3. The summed E-state index contributed by atoms with van der Waals surface area (Å²) in [6.07, 6.45) is 12.6. The monoisotopic (exact) mass is 378 g/mol. The van der Waals surface area contributed by atoms with Crippen LogP contribution < -0.4 is 24.8 Å². The van der Waals surface area contributed by atoms with Crippen LogP contribution in [0.4, 0.5) is 0 Å². The maximum absolute atomic E-state index is 9.03. The summed E-state index contributed by atoms with van der Waals surface area (Å²) in [6.45, 7) is 0.507. The molecule has 19 heavy (non-hydrogen) atoms. The Balaban J connectivity index is 0.00000162. The molecule has 2 nitrogen and oxygen atoms in total. The summed E-state index contributed by atoms with van der Waals surface area (Å²) in [5.74, 6) is 0. The van der Waals surface area contributed by atoms with Crippen molar-refractivity contribution in [2.45, 2.75) is 25.7 Å². The Hall–Kier alpha value is 0.343. The minimum Gasteiger partial charge on any atom is -1.00 e. The fourth-order valence-corrected chi connectivity index (χ4v) is 6.05. The van der Waals surface area contributed by atoms with Gasteiger partial charge >= 0.3 is 114 Å². The van der Waals surface area contributed by atoms with E-state index in [2.05, 4.69) is 24.3 Å². The van der Waals surface area contributed by atoms with Crippen molar-refractivity contribution in [1.29, 1.82) is 0 Å². The van der Waals surface area contributed by atoms with Gasteiger partial charge in [0.25, 0.3) is 0 Å². The summed E-state index contributed by atoms with van der Waals surface area (Å²) in [6, 6.07) is 0. The Labute approximate surface area is 138 Å². The molecule has 0 fully saturated rings. The molecule has 5 heteroatoms. The Morgan fingerprint density at radius 3 is 1.63 bits per heavy atom. The number of hydrogen-bond donors (Lipinski definition) is 2. The van der Waals surface area contributed by atoms with E-state index in [1.807, 2.05) is 0 Å². The Morgan fingerprint density at radius 1 is 0.842 bits per heavy atom. The molecular weight excluding hydrogens is 362 g/mol. The van der Waals surface area contributed by atoms with E-state index in [1.165, 1.54) is 11.1 Å². The maximum Gasteiger partial charge on any atom is -1.00 e. The average molecular weight is 380 g/mol. The predicted octanol–water partition coefficient (Wildman–Crippen LogP) is -3.73. The van der Waals surface area contributed by atoms with Crippen molar-refractivity contribution in [2.75, 3.05) is 13.2 Å². The van der Waals surface area contributed by atoms with Crippen molar-refractivity contribution in [1.82, 2.24) is 0 Å². The molecule has 0 saturated carbocycles. The van der Waals surface area contributed by atoms with E-state index in [9.17, 15) is 0 Å². The van der Waals surface area contributed by atoms with Gasteiger partial charge in [-0.15, -0.1) is 0 Å². The summed E-state index contributed by atoms with van der Waals surface area (Å²) in [5, 5.41) is 18.1. The van der Waals surface area contributed by atoms with Crippen molar-refractivity contribution in [3.05, 3.63) is 42.0 Å². The van der Waals surface area contributed by atoms with E-state index in [0.717, 1.165) is 25.7 Å². The molecule has 0 aliphatic heterocycles. The third-order valence-corrected chi connectivity index (χ3v) is 7.19. The van der Waals surface area contributed by atoms with Crippen LogP contribution in [0, 0.1) is 0 Å². The van der Waals surface area contributed by atoms with Gasteiger partial charge in [0.1, 0.15) is 0 Å². The third kappa shape index (κ3) is 5.32. The van der Waals surface area contributed by atoms with Gasteiger partial charge in [0.15, 0.2) is 0 Å². The molecule has 0 aromatic carbocycles. The van der Waals surface area contributed by atoms with Crippen LogP contribution in [-0.4, -0.2) is 23.4 Å². The van der Waals surface area contributed by atoms with Crippen LogP contribution in [0.2, 0.25) is 0 Å². The van der Waals surface area contributed by atoms with Crippen molar-refractivity contribution in [2.24, 2.45) is 0 Å². The molecule has 0 amide bonds. The zero-order chi connectivity index (χ0) is 12.1. The molecule has 0 unspecified atom stereocenters. The van der Waals surface area contributed by atoms with Gasteiger partial charge in [-0.05, 0) is 0 Å². The summed E-state index contributed by atoms with van der Waals surface area (Å²) in [5.41, 5.74) is 2.75. The largest absolute Gasteiger partial charge is 1.00 e. The molecule has 2 aliphatic carbocycles. The van der Waals surface area contributed by atoms with E-state index in [0.29, 0.717) is 0 Å². The number of halogens is 2. The number of hydrogen-bond acceptors (Lipinski definition) is 2. The summed E-state index contributed by atoms with van der Waals surface area (Å²) in [7, 11) is 0. The smallest absolute Gasteiger partial charge is 1.00 e. The molecule has 0 aromatic rings. The number of aliphatic hydroxyl groups is 2. The van der Waals surface area contributed by atoms with Crippen LogP contribution in [0.25, 0.3) is 0 Å². The number of allylic oxidation sites excluding steroid dienone is 6. The first-order chi connectivity index (χ1) is 8.35. The van der Waals surface area contributed by atoms with E-state index < -0.39 is 23.2 Å². The Bertz CT molecular complexity index is 374. The van der Waals surface area contributed by atoms with Gasteiger partial charge in [0.05, 0.1) is 0 Å². The van der Waals surface area contributed by atoms with Crippen molar-refractivity contribution in [3.63, 3.8) is 0 Å². The summed E-state index contributed by atoms with van der Waals surface area (Å²) in [4.78, 5) is 0. The quantitative estimate of drug-likeness (QED) is 0.498. The number of rotatable bonds is 6. The summed E-state index contributed by atoms with van der Waals surface area (Å²) < 4.78 is 3.22. The zero-order valence-corrected chi connectivity index (χ0v) is 14.7. The SMILES string of the molecule is OCCC1=[C]([Zr+2][C]2=C(CCO)C=CC2)CC=C1.[Cl-].[Cl-]. The van der Waals surface area contributed by atoms with Crippen LogP contribution in [0.1, 0.15) is 25.7 Å². The molecule has 0 radical (unpaired) electrons. The van der Waals surface area contributed by atoms with Crippen LogP contribution in [0.5, 0.6) is 0 Å². The minimum absolute atomic E-state index is 0. The first-order valence-electron chi connectivity index (χ1n) is 6.11. The number of aliphatic hydroxyl groups excluding tert-OH is 2. The van der Waals surface area contributed by atoms with E-state index in [-0.39, 0.29) is 38.0 Å². The van der Waals surface area contributed by atoms with E-state index >= 15 is 0 Å². The van der Waals surface area contributed by atoms with Crippen LogP contribution in [0.15, 0.2) is 42.0 Å². The molecular formula is C14H18Cl2O2Zr. The van der Waals surface area contributed by atoms with Crippen molar-refractivity contribution >= 4 is 0 Å². The molecule has 0 bridgehead atoms. The topological polar surface area (TPSA) is 40.5 Å². The second-order valence-corrected chi connectivity index (χ2v) is 7.87. The molecule has 2 N–H and O–H groups in total. The maximum atomic E-state index is 9.03. The van der Waals surface area contributed by atoms with Crippen molar-refractivity contribution < 1.29 is 58.3 Å². The van der Waals surface area contributed by atoms with Crippen molar-refractivity contribution in [3.8, 4) is 0 Å². The van der Waals surface area contributed by atoms with Gasteiger partial charge in [0.2, 0.25) is 0 Å². The molecule has 0 saturated heterocycles. The van der Waals surface area contributed by atoms with Gasteiger partial charge < -0.3 is 24.8 Å². The van der Waals surface area contributed by atoms with Gasteiger partial charge in [-0.2, -0.15) is 0 Å². The molecule has 2 rings (SSSR count). The first-order valence-corrected chi connectivity index (χ1v) is 8.57. The van der Waals surface area contributed by atoms with Crippen LogP contribution in [0.3, 0.4) is 0 Å². The summed E-state index contributed by atoms with van der Waals surface area (Å²) >= 11 is -0.665. The fourth-order valence-electron chi connectivity index (χ4n) is 2.26. The molecule has 0 atom stereocenters. The van der Waals surface area contributed by atoms with Gasteiger partial charge in [-0.1, -0.05) is 0 Å². The average Bonchev–Trinajstić information content (AvgIpc) is 2.92. The standard InChI is InChI=1S/2C7H9O.2ClH.Zr/c2*8-6-5-7-3-1-2-4-7;;;/h2*1,3,8H,2,5-6H2;2*1H;/q;;;;+2/p-2. The molecule has 2 aliphatic rings.